The second-order valence-corrected chi connectivity index (χ2v) is 4.63. The highest BCUT2D eigenvalue weighted by molar-refractivity contribution is 7.99. The monoisotopic (exact) mass is 231 g/mol. The summed E-state index contributed by atoms with van der Waals surface area (Å²) in [5.41, 5.74) is 6.31. The number of hydrogen-bond donors (Lipinski definition) is 1. The fourth-order valence-electron chi connectivity index (χ4n) is 1.60. The van der Waals surface area contributed by atoms with Crippen LogP contribution in [0.5, 0.6) is 0 Å². The van der Waals surface area contributed by atoms with Crippen LogP contribution in [0.1, 0.15) is 5.56 Å². The van der Waals surface area contributed by atoms with Crippen LogP contribution in [0.2, 0.25) is 0 Å². The van der Waals surface area contributed by atoms with Gasteiger partial charge in [0.05, 0.1) is 5.75 Å². The molecule has 0 aliphatic rings. The largest absolute Gasteiger partial charge is 0.369 e. The van der Waals surface area contributed by atoms with Crippen molar-refractivity contribution in [1.82, 2.24) is 0 Å². The van der Waals surface area contributed by atoms with Crippen LogP contribution in [0.15, 0.2) is 42.5 Å². The number of primary amides is 1. The Balaban J connectivity index is 2.10. The highest BCUT2D eigenvalue weighted by Gasteiger charge is 1.98. The van der Waals surface area contributed by atoms with Gasteiger partial charge < -0.3 is 5.73 Å². The van der Waals surface area contributed by atoms with Gasteiger partial charge in [-0.25, -0.2) is 0 Å². The van der Waals surface area contributed by atoms with Gasteiger partial charge in [0.1, 0.15) is 0 Å². The molecule has 0 aliphatic carbocycles. The van der Waals surface area contributed by atoms with Crippen LogP contribution >= 0.6 is 11.8 Å². The van der Waals surface area contributed by atoms with Crippen molar-refractivity contribution < 1.29 is 4.79 Å². The minimum absolute atomic E-state index is 0.259. The Hall–Kier alpha value is -1.48. The molecule has 0 fully saturated rings. The van der Waals surface area contributed by atoms with E-state index in [2.05, 4.69) is 30.3 Å². The second kappa shape index (κ2) is 5.03. The summed E-state index contributed by atoms with van der Waals surface area (Å²) >= 11 is 1.55. The topological polar surface area (TPSA) is 43.1 Å². The summed E-state index contributed by atoms with van der Waals surface area (Å²) < 4.78 is 0. The molecule has 0 saturated heterocycles. The predicted octanol–water partition coefficient (Wildman–Crippen LogP) is 2.56. The van der Waals surface area contributed by atoms with Crippen LogP contribution < -0.4 is 5.73 Å². The Morgan fingerprint density at radius 3 is 2.62 bits per heavy atom. The van der Waals surface area contributed by atoms with Crippen molar-refractivity contribution >= 4 is 28.4 Å². The Bertz CT molecular complexity index is 510. The maximum Gasteiger partial charge on any atom is 0.227 e. The molecule has 3 heteroatoms. The van der Waals surface area contributed by atoms with Gasteiger partial charge in [-0.05, 0) is 16.3 Å². The van der Waals surface area contributed by atoms with E-state index in [9.17, 15) is 4.79 Å². The molecule has 0 atom stereocenters. The third-order valence-corrected chi connectivity index (χ3v) is 3.35. The summed E-state index contributed by atoms with van der Waals surface area (Å²) in [5, 5.41) is 2.48. The number of rotatable bonds is 4. The highest BCUT2D eigenvalue weighted by atomic mass is 32.2. The molecule has 0 aromatic heterocycles. The number of hydrogen-bond acceptors (Lipinski definition) is 2. The van der Waals surface area contributed by atoms with Crippen LogP contribution in [-0.2, 0) is 10.5 Å². The molecule has 0 spiro atoms. The number of benzene rings is 2. The fourth-order valence-corrected chi connectivity index (χ4v) is 2.32. The van der Waals surface area contributed by atoms with Crippen molar-refractivity contribution in [3.8, 4) is 0 Å². The average Bonchev–Trinajstić information content (AvgIpc) is 2.28. The fraction of sp³-hybridized carbons (Fsp3) is 0.154. The summed E-state index contributed by atoms with van der Waals surface area (Å²) in [6, 6.07) is 14.6. The van der Waals surface area contributed by atoms with Gasteiger partial charge in [0.25, 0.3) is 0 Å². The molecule has 16 heavy (non-hydrogen) atoms. The van der Waals surface area contributed by atoms with Gasteiger partial charge in [0.15, 0.2) is 0 Å². The zero-order valence-corrected chi connectivity index (χ0v) is 9.67. The van der Waals surface area contributed by atoms with Crippen molar-refractivity contribution in [2.24, 2.45) is 5.73 Å². The van der Waals surface area contributed by atoms with Crippen molar-refractivity contribution in [2.75, 3.05) is 5.75 Å². The molecule has 0 aliphatic heterocycles. The molecule has 0 unspecified atom stereocenters. The van der Waals surface area contributed by atoms with Gasteiger partial charge >= 0.3 is 0 Å². The summed E-state index contributed by atoms with van der Waals surface area (Å²) in [5.74, 6) is 0.950. The van der Waals surface area contributed by atoms with Crippen LogP contribution in [0, 0.1) is 0 Å². The van der Waals surface area contributed by atoms with Crippen molar-refractivity contribution in [2.45, 2.75) is 5.75 Å². The Labute approximate surface area is 98.8 Å². The second-order valence-electron chi connectivity index (χ2n) is 3.64. The molecule has 1 amide bonds. The van der Waals surface area contributed by atoms with E-state index in [1.54, 1.807) is 11.8 Å². The SMILES string of the molecule is NC(=O)CSCc1ccc2ccccc2c1. The minimum Gasteiger partial charge on any atom is -0.369 e. The van der Waals surface area contributed by atoms with Crippen molar-refractivity contribution in [3.05, 3.63) is 48.0 Å². The van der Waals surface area contributed by atoms with Gasteiger partial charge in [-0.1, -0.05) is 42.5 Å². The lowest BCUT2D eigenvalue weighted by atomic mass is 10.1. The molecule has 82 valence electrons. The number of amides is 1. The first-order chi connectivity index (χ1) is 7.75. The number of fused-ring (bicyclic) bond motifs is 1. The molecular formula is C13H13NOS. The van der Waals surface area contributed by atoms with Crippen LogP contribution in [0.25, 0.3) is 10.8 Å². The number of nitrogens with two attached hydrogens (primary N) is 1. The van der Waals surface area contributed by atoms with E-state index < -0.39 is 0 Å². The molecule has 0 saturated carbocycles. The molecule has 2 aromatic rings. The van der Waals surface area contributed by atoms with Gasteiger partial charge in [0, 0.05) is 5.75 Å². The predicted molar refractivity (Wildman–Crippen MR) is 69.3 cm³/mol. The maximum absolute atomic E-state index is 10.6. The van der Waals surface area contributed by atoms with Gasteiger partial charge in [0.2, 0.25) is 5.91 Å². The zero-order valence-electron chi connectivity index (χ0n) is 8.85. The Kier molecular flexibility index (Phi) is 3.47. The highest BCUT2D eigenvalue weighted by Crippen LogP contribution is 2.19. The lowest BCUT2D eigenvalue weighted by Crippen LogP contribution is -2.13. The first-order valence-corrected chi connectivity index (χ1v) is 6.25. The average molecular weight is 231 g/mol. The molecule has 2 N–H and O–H groups in total. The standard InChI is InChI=1S/C13H13NOS/c14-13(15)9-16-8-10-5-6-11-3-1-2-4-12(11)7-10/h1-7H,8-9H2,(H2,14,15). The number of carbonyl (C=O) groups is 1. The third kappa shape index (κ3) is 2.76. The maximum atomic E-state index is 10.6. The minimum atomic E-state index is -0.259. The summed E-state index contributed by atoms with van der Waals surface area (Å²) in [6.45, 7) is 0. The van der Waals surface area contributed by atoms with Crippen LogP contribution in [0.3, 0.4) is 0 Å². The zero-order chi connectivity index (χ0) is 11.4. The Morgan fingerprint density at radius 1 is 1.12 bits per heavy atom. The summed E-state index contributed by atoms with van der Waals surface area (Å²) in [4.78, 5) is 10.6. The van der Waals surface area contributed by atoms with E-state index in [0.717, 1.165) is 5.75 Å². The van der Waals surface area contributed by atoms with Crippen LogP contribution in [-0.4, -0.2) is 11.7 Å². The first kappa shape index (κ1) is 11.0. The van der Waals surface area contributed by atoms with Crippen molar-refractivity contribution in [3.63, 3.8) is 0 Å². The van der Waals surface area contributed by atoms with Crippen molar-refractivity contribution in [1.29, 1.82) is 0 Å². The van der Waals surface area contributed by atoms with Gasteiger partial charge in [-0.15, -0.1) is 11.8 Å². The third-order valence-electron chi connectivity index (χ3n) is 2.33. The summed E-state index contributed by atoms with van der Waals surface area (Å²) in [6.07, 6.45) is 0. The molecule has 2 aromatic carbocycles. The summed E-state index contributed by atoms with van der Waals surface area (Å²) in [7, 11) is 0. The molecule has 0 radical (unpaired) electrons. The van der Waals surface area contributed by atoms with E-state index >= 15 is 0 Å². The smallest absolute Gasteiger partial charge is 0.227 e. The van der Waals surface area contributed by atoms with E-state index in [-0.39, 0.29) is 5.91 Å². The Morgan fingerprint density at radius 2 is 1.88 bits per heavy atom. The van der Waals surface area contributed by atoms with Crippen LogP contribution in [0.4, 0.5) is 0 Å². The van der Waals surface area contributed by atoms with E-state index in [4.69, 9.17) is 5.73 Å². The lowest BCUT2D eigenvalue weighted by molar-refractivity contribution is -0.115. The molecule has 0 bridgehead atoms. The van der Waals surface area contributed by atoms with E-state index in [1.807, 2.05) is 12.1 Å². The lowest BCUT2D eigenvalue weighted by Gasteiger charge is -2.02. The normalized spacial score (nSPS) is 10.5. The number of thioether (sulfide) groups is 1. The first-order valence-electron chi connectivity index (χ1n) is 5.09. The molecule has 2 nitrogen and oxygen atoms in total. The molecular weight excluding hydrogens is 218 g/mol. The van der Waals surface area contributed by atoms with E-state index in [1.165, 1.54) is 16.3 Å². The van der Waals surface area contributed by atoms with Gasteiger partial charge in [-0.2, -0.15) is 0 Å². The quantitative estimate of drug-likeness (QED) is 0.878. The molecule has 2 rings (SSSR count). The van der Waals surface area contributed by atoms with Gasteiger partial charge in [-0.3, -0.25) is 4.79 Å². The molecule has 0 heterocycles. The van der Waals surface area contributed by atoms with E-state index in [0.29, 0.717) is 5.75 Å². The number of carbonyl (C=O) groups excluding carboxylic acids is 1.